The van der Waals surface area contributed by atoms with Gasteiger partial charge in [0, 0.05) is 23.7 Å². The highest BCUT2D eigenvalue weighted by atomic mass is 32.1. The first kappa shape index (κ1) is 16.4. The Morgan fingerprint density at radius 3 is 2.88 bits per heavy atom. The molecule has 1 fully saturated rings. The smallest absolute Gasteiger partial charge is 0.249 e. The number of benzene rings is 1. The molecule has 0 radical (unpaired) electrons. The Balaban J connectivity index is 1.63. The van der Waals surface area contributed by atoms with Crippen molar-refractivity contribution in [3.8, 4) is 0 Å². The Kier molecular flexibility index (Phi) is 5.05. The maximum Gasteiger partial charge on any atom is 0.249 e. The topological polar surface area (TPSA) is 62.3 Å². The van der Waals surface area contributed by atoms with E-state index in [0.717, 1.165) is 22.8 Å². The van der Waals surface area contributed by atoms with E-state index in [-0.39, 0.29) is 11.8 Å². The van der Waals surface area contributed by atoms with E-state index in [1.165, 1.54) is 17.4 Å². The minimum atomic E-state index is -0.478. The summed E-state index contributed by atoms with van der Waals surface area (Å²) in [4.78, 5) is 30.7. The molecule has 1 aliphatic rings. The van der Waals surface area contributed by atoms with E-state index in [2.05, 4.69) is 10.3 Å². The van der Waals surface area contributed by atoms with Crippen molar-refractivity contribution in [2.75, 3.05) is 11.4 Å². The molecule has 1 aliphatic heterocycles. The highest BCUT2D eigenvalue weighted by Gasteiger charge is 2.30. The van der Waals surface area contributed by atoms with Gasteiger partial charge in [-0.25, -0.2) is 4.98 Å². The summed E-state index contributed by atoms with van der Waals surface area (Å²) in [6.07, 6.45) is 4.63. The van der Waals surface area contributed by atoms with Crippen LogP contribution < -0.4 is 10.2 Å². The van der Waals surface area contributed by atoms with Gasteiger partial charge in [-0.2, -0.15) is 0 Å². The van der Waals surface area contributed by atoms with Crippen LogP contribution in [0.1, 0.15) is 23.5 Å². The van der Waals surface area contributed by atoms with Crippen molar-refractivity contribution in [1.82, 2.24) is 10.3 Å². The molecule has 2 amide bonds. The summed E-state index contributed by atoms with van der Waals surface area (Å²) in [6, 6.07) is 9.07. The second kappa shape index (κ2) is 7.40. The second-order valence-corrected chi connectivity index (χ2v) is 6.72. The maximum atomic E-state index is 12.6. The van der Waals surface area contributed by atoms with Gasteiger partial charge in [-0.1, -0.05) is 18.2 Å². The molecule has 1 saturated heterocycles. The number of thiazole rings is 1. The van der Waals surface area contributed by atoms with Crippen molar-refractivity contribution in [1.29, 1.82) is 0 Å². The van der Waals surface area contributed by atoms with Crippen LogP contribution in [0.4, 0.5) is 5.69 Å². The van der Waals surface area contributed by atoms with Crippen LogP contribution in [-0.2, 0) is 9.59 Å². The fraction of sp³-hybridized carbons (Fsp3) is 0.278. The highest BCUT2D eigenvalue weighted by molar-refractivity contribution is 7.09. The normalized spacial score (nSPS) is 18.1. The van der Waals surface area contributed by atoms with E-state index in [1.807, 2.05) is 42.6 Å². The maximum absolute atomic E-state index is 12.6. The minimum Gasteiger partial charge on any atom is -0.341 e. The third-order valence-electron chi connectivity index (χ3n) is 3.87. The Bertz CT molecular complexity index is 755. The van der Waals surface area contributed by atoms with Gasteiger partial charge in [0.05, 0.1) is 10.7 Å². The summed E-state index contributed by atoms with van der Waals surface area (Å²) in [6.45, 7) is 2.60. The summed E-state index contributed by atoms with van der Waals surface area (Å²) in [7, 11) is 0. The molecule has 124 valence electrons. The number of hydrogen-bond donors (Lipinski definition) is 1. The Morgan fingerprint density at radius 2 is 2.17 bits per heavy atom. The van der Waals surface area contributed by atoms with Gasteiger partial charge in [0.2, 0.25) is 11.8 Å². The lowest BCUT2D eigenvalue weighted by Gasteiger charge is -2.32. The van der Waals surface area contributed by atoms with E-state index in [4.69, 9.17) is 0 Å². The van der Waals surface area contributed by atoms with Gasteiger partial charge in [0.25, 0.3) is 0 Å². The van der Waals surface area contributed by atoms with Crippen molar-refractivity contribution in [2.45, 2.75) is 25.8 Å². The van der Waals surface area contributed by atoms with Crippen molar-refractivity contribution < 1.29 is 9.59 Å². The van der Waals surface area contributed by atoms with Gasteiger partial charge in [-0.3, -0.25) is 9.59 Å². The molecule has 6 heteroatoms. The molecule has 3 rings (SSSR count). The minimum absolute atomic E-state index is 0.0568. The Hall–Kier alpha value is -2.47. The Morgan fingerprint density at radius 1 is 1.38 bits per heavy atom. The van der Waals surface area contributed by atoms with Crippen LogP contribution in [-0.4, -0.2) is 29.4 Å². The van der Waals surface area contributed by atoms with E-state index in [0.29, 0.717) is 13.0 Å². The number of aryl methyl sites for hydroxylation is 1. The molecule has 1 aromatic carbocycles. The van der Waals surface area contributed by atoms with Crippen molar-refractivity contribution >= 4 is 34.9 Å². The lowest BCUT2D eigenvalue weighted by Crippen LogP contribution is -2.52. The molecular formula is C18H19N3O2S. The predicted octanol–water partition coefficient (Wildman–Crippen LogP) is 2.78. The number of nitrogens with zero attached hydrogens (tertiary/aromatic N) is 2. The zero-order valence-electron chi connectivity index (χ0n) is 13.4. The number of hydrogen-bond acceptors (Lipinski definition) is 4. The molecule has 1 atom stereocenters. The predicted molar refractivity (Wildman–Crippen MR) is 95.8 cm³/mol. The molecule has 1 N–H and O–H groups in total. The molecule has 0 spiro atoms. The summed E-state index contributed by atoms with van der Waals surface area (Å²) in [5.41, 5.74) is 1.63. The van der Waals surface area contributed by atoms with Crippen molar-refractivity contribution in [3.63, 3.8) is 0 Å². The van der Waals surface area contributed by atoms with Gasteiger partial charge in [0.1, 0.15) is 6.04 Å². The number of aromatic nitrogens is 1. The molecule has 24 heavy (non-hydrogen) atoms. The van der Waals surface area contributed by atoms with Crippen LogP contribution in [0.15, 0.2) is 41.8 Å². The first-order valence-electron chi connectivity index (χ1n) is 7.90. The molecule has 2 aromatic rings. The number of rotatable bonds is 4. The molecule has 0 unspecified atom stereocenters. The molecule has 2 heterocycles. The fourth-order valence-electron chi connectivity index (χ4n) is 2.71. The van der Waals surface area contributed by atoms with Crippen LogP contribution in [0, 0.1) is 6.92 Å². The summed E-state index contributed by atoms with van der Waals surface area (Å²) in [5, 5.41) is 5.65. The number of piperidine rings is 1. The summed E-state index contributed by atoms with van der Waals surface area (Å²) >= 11 is 1.54. The van der Waals surface area contributed by atoms with Crippen molar-refractivity contribution in [2.24, 2.45) is 0 Å². The molecular weight excluding hydrogens is 322 g/mol. The van der Waals surface area contributed by atoms with Crippen molar-refractivity contribution in [3.05, 3.63) is 52.5 Å². The monoisotopic (exact) mass is 341 g/mol. The number of nitrogens with one attached hydrogen (secondary N) is 1. The average Bonchev–Trinajstić information content (AvgIpc) is 3.01. The fourth-order valence-corrected chi connectivity index (χ4v) is 3.29. The molecule has 5 nitrogen and oxygen atoms in total. The number of carbonyl (C=O) groups excluding carboxylic acids is 2. The number of amides is 2. The standard InChI is InChI=1S/C18H19N3O2S/c1-13-19-14(12-24-13)9-10-17(22)20-16-8-5-11-21(18(16)23)15-6-3-2-4-7-15/h2-4,6-7,9-10,12,16H,5,8,11H2,1H3,(H,20,22)/b10-9-/t16-/m0/s1. The molecule has 0 aliphatic carbocycles. The summed E-state index contributed by atoms with van der Waals surface area (Å²) in [5.74, 6) is -0.326. The lowest BCUT2D eigenvalue weighted by atomic mass is 10.0. The van der Waals surface area contributed by atoms with E-state index in [9.17, 15) is 9.59 Å². The number of carbonyl (C=O) groups is 2. The lowest BCUT2D eigenvalue weighted by molar-refractivity contribution is -0.126. The number of para-hydroxylation sites is 1. The first-order valence-corrected chi connectivity index (χ1v) is 8.78. The third-order valence-corrected chi connectivity index (χ3v) is 4.66. The quantitative estimate of drug-likeness (QED) is 0.870. The molecule has 1 aromatic heterocycles. The largest absolute Gasteiger partial charge is 0.341 e. The zero-order valence-corrected chi connectivity index (χ0v) is 14.3. The van der Waals surface area contributed by atoms with Crippen LogP contribution in [0.25, 0.3) is 6.08 Å². The van der Waals surface area contributed by atoms with E-state index < -0.39 is 6.04 Å². The highest BCUT2D eigenvalue weighted by Crippen LogP contribution is 2.20. The van der Waals surface area contributed by atoms with Gasteiger partial charge in [-0.05, 0) is 38.0 Å². The van der Waals surface area contributed by atoms with Gasteiger partial charge in [0.15, 0.2) is 0 Å². The average molecular weight is 341 g/mol. The third kappa shape index (κ3) is 3.89. The zero-order chi connectivity index (χ0) is 16.9. The molecule has 0 saturated carbocycles. The van der Waals surface area contributed by atoms with Gasteiger partial charge < -0.3 is 10.2 Å². The first-order chi connectivity index (χ1) is 11.6. The molecule has 0 bridgehead atoms. The Labute approximate surface area is 145 Å². The number of anilines is 1. The SMILES string of the molecule is Cc1nc(/C=C\C(=O)N[C@H]2CCCN(c3ccccc3)C2=O)cs1. The van der Waals surface area contributed by atoms with Gasteiger partial charge in [-0.15, -0.1) is 11.3 Å². The van der Waals surface area contributed by atoms with Crippen LogP contribution in [0.3, 0.4) is 0 Å². The second-order valence-electron chi connectivity index (χ2n) is 5.65. The van der Waals surface area contributed by atoms with Gasteiger partial charge >= 0.3 is 0 Å². The van der Waals surface area contributed by atoms with E-state index in [1.54, 1.807) is 11.0 Å². The van der Waals surface area contributed by atoms with E-state index >= 15 is 0 Å². The van der Waals surface area contributed by atoms with Crippen LogP contribution in [0.5, 0.6) is 0 Å². The summed E-state index contributed by atoms with van der Waals surface area (Å²) < 4.78 is 0. The van der Waals surface area contributed by atoms with Crippen LogP contribution in [0.2, 0.25) is 0 Å². The van der Waals surface area contributed by atoms with Crippen LogP contribution >= 0.6 is 11.3 Å².